The number of nitrogens with one attached hydrogen (secondary N) is 1. The molecule has 0 spiro atoms. The van der Waals surface area contributed by atoms with E-state index in [2.05, 4.69) is 56.2 Å². The van der Waals surface area contributed by atoms with Gasteiger partial charge in [-0.1, -0.05) is 41.1 Å². The molecule has 2 rings (SSSR count). The summed E-state index contributed by atoms with van der Waals surface area (Å²) >= 11 is 6.69. The zero-order chi connectivity index (χ0) is 14.5. The van der Waals surface area contributed by atoms with Gasteiger partial charge in [0.25, 0.3) is 0 Å². The summed E-state index contributed by atoms with van der Waals surface area (Å²) < 4.78 is 14.9. The first kappa shape index (κ1) is 15.7. The largest absolute Gasteiger partial charge is 0.310 e. The maximum atomic E-state index is 13.3. The van der Waals surface area contributed by atoms with E-state index >= 15 is 0 Å². The van der Waals surface area contributed by atoms with E-state index in [0.717, 1.165) is 23.0 Å². The van der Waals surface area contributed by atoms with E-state index in [0.29, 0.717) is 4.47 Å². The standard InChI is InChI=1S/C16H16Br2FN/c1-2-20-16(9-11-3-6-13(17)7-4-11)12-5-8-15(19)14(18)10-12/h3-8,10,16,20H,2,9H2,1H3. The molecule has 0 fully saturated rings. The van der Waals surface area contributed by atoms with Crippen LogP contribution in [0.25, 0.3) is 0 Å². The summed E-state index contributed by atoms with van der Waals surface area (Å²) in [5.41, 5.74) is 2.34. The molecule has 0 radical (unpaired) electrons. The Morgan fingerprint density at radius 3 is 2.40 bits per heavy atom. The highest BCUT2D eigenvalue weighted by Crippen LogP contribution is 2.24. The van der Waals surface area contributed by atoms with Gasteiger partial charge in [0, 0.05) is 10.5 Å². The van der Waals surface area contributed by atoms with Crippen LogP contribution in [0.15, 0.2) is 51.4 Å². The van der Waals surface area contributed by atoms with Crippen molar-refractivity contribution in [3.05, 3.63) is 68.4 Å². The fourth-order valence-corrected chi connectivity index (χ4v) is 2.80. The minimum Gasteiger partial charge on any atom is -0.310 e. The number of benzene rings is 2. The van der Waals surface area contributed by atoms with Crippen LogP contribution in [0.1, 0.15) is 24.1 Å². The molecule has 20 heavy (non-hydrogen) atoms. The maximum Gasteiger partial charge on any atom is 0.137 e. The van der Waals surface area contributed by atoms with Gasteiger partial charge in [-0.3, -0.25) is 0 Å². The molecule has 1 atom stereocenters. The Balaban J connectivity index is 2.21. The van der Waals surface area contributed by atoms with Gasteiger partial charge in [0.15, 0.2) is 0 Å². The molecule has 2 aromatic rings. The Hall–Kier alpha value is -0.710. The van der Waals surface area contributed by atoms with Crippen LogP contribution in [0.3, 0.4) is 0 Å². The molecule has 0 saturated carbocycles. The van der Waals surface area contributed by atoms with E-state index in [9.17, 15) is 4.39 Å². The van der Waals surface area contributed by atoms with E-state index in [4.69, 9.17) is 0 Å². The maximum absolute atomic E-state index is 13.3. The molecule has 2 aromatic carbocycles. The topological polar surface area (TPSA) is 12.0 Å². The molecule has 0 saturated heterocycles. The summed E-state index contributed by atoms with van der Waals surface area (Å²) in [6.07, 6.45) is 0.874. The summed E-state index contributed by atoms with van der Waals surface area (Å²) in [6, 6.07) is 13.7. The second-order valence-electron chi connectivity index (χ2n) is 4.61. The zero-order valence-electron chi connectivity index (χ0n) is 11.2. The number of halogens is 3. The van der Waals surface area contributed by atoms with Gasteiger partial charge in [-0.2, -0.15) is 0 Å². The van der Waals surface area contributed by atoms with Crippen LogP contribution in [0.5, 0.6) is 0 Å². The lowest BCUT2D eigenvalue weighted by Gasteiger charge is -2.19. The lowest BCUT2D eigenvalue weighted by atomic mass is 9.99. The van der Waals surface area contributed by atoms with Gasteiger partial charge in [0.1, 0.15) is 5.82 Å². The molecule has 0 bridgehead atoms. The zero-order valence-corrected chi connectivity index (χ0v) is 14.3. The minimum atomic E-state index is -0.229. The van der Waals surface area contributed by atoms with E-state index in [-0.39, 0.29) is 11.9 Å². The first-order valence-electron chi connectivity index (χ1n) is 6.53. The van der Waals surface area contributed by atoms with E-state index in [1.165, 1.54) is 11.6 Å². The summed E-state index contributed by atoms with van der Waals surface area (Å²) in [5, 5.41) is 3.45. The van der Waals surface area contributed by atoms with Gasteiger partial charge >= 0.3 is 0 Å². The monoisotopic (exact) mass is 399 g/mol. The highest BCUT2D eigenvalue weighted by molar-refractivity contribution is 9.10. The highest BCUT2D eigenvalue weighted by Gasteiger charge is 2.13. The molecule has 1 N–H and O–H groups in total. The fourth-order valence-electron chi connectivity index (χ4n) is 2.14. The van der Waals surface area contributed by atoms with Crippen LogP contribution in [0.4, 0.5) is 4.39 Å². The van der Waals surface area contributed by atoms with Gasteiger partial charge in [0.2, 0.25) is 0 Å². The summed E-state index contributed by atoms with van der Waals surface area (Å²) in [4.78, 5) is 0. The van der Waals surface area contributed by atoms with E-state index in [1.807, 2.05) is 24.3 Å². The van der Waals surface area contributed by atoms with Gasteiger partial charge in [0.05, 0.1) is 4.47 Å². The van der Waals surface area contributed by atoms with Gasteiger partial charge in [-0.25, -0.2) is 4.39 Å². The number of likely N-dealkylation sites (N-methyl/N-ethyl adjacent to an activating group) is 1. The van der Waals surface area contributed by atoms with Crippen LogP contribution >= 0.6 is 31.9 Å². The van der Waals surface area contributed by atoms with Crippen LogP contribution in [-0.4, -0.2) is 6.54 Å². The first-order chi connectivity index (χ1) is 9.60. The molecule has 106 valence electrons. The molecule has 0 heterocycles. The lowest BCUT2D eigenvalue weighted by Crippen LogP contribution is -2.23. The molecule has 0 aliphatic rings. The Morgan fingerprint density at radius 2 is 1.80 bits per heavy atom. The Kier molecular flexibility index (Phi) is 5.75. The third kappa shape index (κ3) is 4.14. The van der Waals surface area contributed by atoms with Crippen molar-refractivity contribution in [3.8, 4) is 0 Å². The smallest absolute Gasteiger partial charge is 0.137 e. The van der Waals surface area contributed by atoms with Crippen LogP contribution < -0.4 is 5.32 Å². The molecule has 0 amide bonds. The molecule has 0 aliphatic carbocycles. The van der Waals surface area contributed by atoms with Crippen molar-refractivity contribution in [1.82, 2.24) is 5.32 Å². The number of hydrogen-bond donors (Lipinski definition) is 1. The predicted octanol–water partition coefficient (Wildman–Crippen LogP) is 5.24. The average molecular weight is 401 g/mol. The first-order valence-corrected chi connectivity index (χ1v) is 8.11. The van der Waals surface area contributed by atoms with Crippen molar-refractivity contribution in [3.63, 3.8) is 0 Å². The van der Waals surface area contributed by atoms with E-state index in [1.54, 1.807) is 0 Å². The summed E-state index contributed by atoms with van der Waals surface area (Å²) in [7, 11) is 0. The quantitative estimate of drug-likeness (QED) is 0.723. The summed E-state index contributed by atoms with van der Waals surface area (Å²) in [5.74, 6) is -0.229. The van der Waals surface area contributed by atoms with E-state index < -0.39 is 0 Å². The Morgan fingerprint density at radius 1 is 1.10 bits per heavy atom. The van der Waals surface area contributed by atoms with Crippen molar-refractivity contribution in [1.29, 1.82) is 0 Å². The molecule has 1 nitrogen and oxygen atoms in total. The minimum absolute atomic E-state index is 0.179. The fraction of sp³-hybridized carbons (Fsp3) is 0.250. The molecule has 4 heteroatoms. The van der Waals surface area contributed by atoms with Gasteiger partial charge in [-0.05, 0) is 64.3 Å². The highest BCUT2D eigenvalue weighted by atomic mass is 79.9. The lowest BCUT2D eigenvalue weighted by molar-refractivity contribution is 0.546. The normalized spacial score (nSPS) is 12.4. The molecule has 1 unspecified atom stereocenters. The SMILES string of the molecule is CCNC(Cc1ccc(Br)cc1)c1ccc(F)c(Br)c1. The predicted molar refractivity (Wildman–Crippen MR) is 88.4 cm³/mol. The second kappa shape index (κ2) is 7.34. The second-order valence-corrected chi connectivity index (χ2v) is 6.38. The Labute approximate surface area is 135 Å². The molecule has 0 aromatic heterocycles. The van der Waals surface area contributed by atoms with Gasteiger partial charge < -0.3 is 5.32 Å². The van der Waals surface area contributed by atoms with Crippen molar-refractivity contribution in [2.75, 3.05) is 6.54 Å². The van der Waals surface area contributed by atoms with Crippen molar-refractivity contribution < 1.29 is 4.39 Å². The summed E-state index contributed by atoms with van der Waals surface area (Å²) in [6.45, 7) is 2.95. The van der Waals surface area contributed by atoms with Crippen molar-refractivity contribution in [2.45, 2.75) is 19.4 Å². The van der Waals surface area contributed by atoms with Crippen LogP contribution in [0, 0.1) is 5.82 Å². The van der Waals surface area contributed by atoms with Gasteiger partial charge in [-0.15, -0.1) is 0 Å². The number of rotatable bonds is 5. The number of hydrogen-bond acceptors (Lipinski definition) is 1. The Bertz CT molecular complexity index is 569. The van der Waals surface area contributed by atoms with Crippen molar-refractivity contribution in [2.24, 2.45) is 0 Å². The average Bonchev–Trinajstić information content (AvgIpc) is 2.44. The molecule has 0 aliphatic heterocycles. The van der Waals surface area contributed by atoms with Crippen molar-refractivity contribution >= 4 is 31.9 Å². The molecular formula is C16H16Br2FN. The third-order valence-corrected chi connectivity index (χ3v) is 4.29. The van der Waals surface area contributed by atoms with Crippen LogP contribution in [0.2, 0.25) is 0 Å². The third-order valence-electron chi connectivity index (χ3n) is 3.15. The molecular weight excluding hydrogens is 385 g/mol. The van der Waals surface area contributed by atoms with Crippen LogP contribution in [-0.2, 0) is 6.42 Å².